The topological polar surface area (TPSA) is 120 Å². The smallest absolute Gasteiger partial charge is 0.267 e. The Morgan fingerprint density at radius 2 is 1.72 bits per heavy atom. The Kier molecular flexibility index (Phi) is 4.74. The van der Waals surface area contributed by atoms with Crippen molar-refractivity contribution in [1.29, 1.82) is 0 Å². The van der Waals surface area contributed by atoms with E-state index < -0.39 is 16.3 Å². The van der Waals surface area contributed by atoms with Crippen LogP contribution in [-0.2, 0) is 6.54 Å². The van der Waals surface area contributed by atoms with E-state index in [1.165, 1.54) is 4.57 Å². The van der Waals surface area contributed by atoms with Gasteiger partial charge in [0, 0.05) is 5.69 Å². The van der Waals surface area contributed by atoms with E-state index >= 15 is 0 Å². The van der Waals surface area contributed by atoms with Crippen molar-refractivity contribution in [1.82, 2.24) is 9.55 Å². The first-order chi connectivity index (χ1) is 15.3. The molecule has 0 saturated carbocycles. The van der Waals surface area contributed by atoms with Gasteiger partial charge in [0.1, 0.15) is 21.9 Å². The maximum atomic E-state index is 13.6. The molecule has 0 aliphatic carbocycles. The van der Waals surface area contributed by atoms with Gasteiger partial charge in [0.15, 0.2) is 5.84 Å². The number of pyridine rings is 2. The molecule has 0 amide bonds. The quantitative estimate of drug-likeness (QED) is 0.370. The Morgan fingerprint density at radius 3 is 2.50 bits per heavy atom. The number of aromatic nitrogens is 2. The lowest BCUT2D eigenvalue weighted by atomic mass is 10.1. The zero-order valence-corrected chi connectivity index (χ0v) is 17.9. The van der Waals surface area contributed by atoms with Gasteiger partial charge >= 0.3 is 0 Å². The minimum Gasteiger partial charge on any atom is -0.506 e. The van der Waals surface area contributed by atoms with Crippen LogP contribution in [0.2, 0.25) is 0 Å². The van der Waals surface area contributed by atoms with Crippen molar-refractivity contribution in [2.45, 2.75) is 18.4 Å². The molecule has 4 aromatic rings. The molecule has 2 aromatic carbocycles. The number of rotatable bonds is 3. The van der Waals surface area contributed by atoms with E-state index in [-0.39, 0.29) is 28.6 Å². The summed E-state index contributed by atoms with van der Waals surface area (Å²) in [6.45, 7) is 2.03. The number of nitrogens with one attached hydrogen (secondary N) is 1. The van der Waals surface area contributed by atoms with Crippen LogP contribution in [0.1, 0.15) is 16.8 Å². The number of aryl methyl sites for hydroxylation is 1. The van der Waals surface area contributed by atoms with Crippen molar-refractivity contribution in [2.24, 2.45) is 4.40 Å². The van der Waals surface area contributed by atoms with E-state index in [1.807, 2.05) is 30.3 Å². The van der Waals surface area contributed by atoms with E-state index in [9.17, 15) is 19.0 Å². The molecule has 5 rings (SSSR count). The van der Waals surface area contributed by atoms with Crippen LogP contribution in [0.4, 0.5) is 5.69 Å². The molecule has 32 heavy (non-hydrogen) atoms. The minimum atomic E-state index is -3.55. The van der Waals surface area contributed by atoms with Gasteiger partial charge in [-0.3, -0.25) is 18.5 Å². The number of aromatic hydroxyl groups is 1. The molecule has 1 aliphatic rings. The highest BCUT2D eigenvalue weighted by atomic mass is 32.3. The zero-order valence-electron chi connectivity index (χ0n) is 17.1. The normalized spacial score (nSPS) is 15.5. The van der Waals surface area contributed by atoms with Crippen molar-refractivity contribution in [3.8, 4) is 5.75 Å². The second kappa shape index (κ2) is 7.49. The number of amidine groups is 1. The monoisotopic (exact) mass is 448 g/mol. The van der Waals surface area contributed by atoms with Crippen LogP contribution in [0.25, 0.3) is 11.0 Å². The molecule has 0 atom stereocenters. The molecule has 2 aromatic heterocycles. The summed E-state index contributed by atoms with van der Waals surface area (Å²) in [5.41, 5.74) is 1.63. The first kappa shape index (κ1) is 20.3. The Bertz CT molecular complexity index is 1450. The Hall–Kier alpha value is -3.66. The van der Waals surface area contributed by atoms with Gasteiger partial charge in [-0.1, -0.05) is 53.2 Å². The third-order valence-corrected chi connectivity index (χ3v) is 6.68. The van der Waals surface area contributed by atoms with Crippen LogP contribution < -0.4 is 10.9 Å². The van der Waals surface area contributed by atoms with Crippen LogP contribution in [0.3, 0.4) is 0 Å². The van der Waals surface area contributed by atoms with Crippen LogP contribution in [0.5, 0.6) is 5.75 Å². The van der Waals surface area contributed by atoms with Crippen LogP contribution in [0.15, 0.2) is 80.8 Å². The molecule has 8 nitrogen and oxygen atoms in total. The van der Waals surface area contributed by atoms with E-state index in [0.717, 1.165) is 5.56 Å². The molecule has 9 heteroatoms. The number of hydrogen-bond acceptors (Lipinski definition) is 7. The number of nitrogens with zero attached hydrogens (tertiary/aromatic N) is 3. The second-order valence-electron chi connectivity index (χ2n) is 7.50. The van der Waals surface area contributed by atoms with E-state index in [1.54, 1.807) is 43.3 Å². The summed E-state index contributed by atoms with van der Waals surface area (Å²) >= 11 is 0. The SMILES string of the molecule is Cc1ccc2c(O)c(C3=NS(O)(O)c4ccccc4N3)c(=O)n(Cc3ccccc3)c2n1. The maximum Gasteiger partial charge on any atom is 0.267 e. The molecule has 0 radical (unpaired) electrons. The highest BCUT2D eigenvalue weighted by Crippen LogP contribution is 2.55. The van der Waals surface area contributed by atoms with Crippen molar-refractivity contribution in [3.05, 3.63) is 93.9 Å². The molecule has 4 N–H and O–H groups in total. The molecule has 162 valence electrons. The molecule has 3 heterocycles. The minimum absolute atomic E-state index is 0.101. The summed E-state index contributed by atoms with van der Waals surface area (Å²) in [5, 5.41) is 14.4. The lowest BCUT2D eigenvalue weighted by molar-refractivity contribution is 0.477. The van der Waals surface area contributed by atoms with Gasteiger partial charge in [0.05, 0.1) is 17.6 Å². The van der Waals surface area contributed by atoms with Gasteiger partial charge in [-0.2, -0.15) is 0 Å². The predicted octanol–water partition coefficient (Wildman–Crippen LogP) is 4.36. The average molecular weight is 449 g/mol. The second-order valence-corrected chi connectivity index (χ2v) is 9.16. The maximum absolute atomic E-state index is 13.6. The lowest BCUT2D eigenvalue weighted by Gasteiger charge is -2.34. The largest absolute Gasteiger partial charge is 0.506 e. The Labute approximate surface area is 185 Å². The highest BCUT2D eigenvalue weighted by Gasteiger charge is 2.30. The first-order valence-corrected chi connectivity index (χ1v) is 11.4. The molecular weight excluding hydrogens is 428 g/mol. The van der Waals surface area contributed by atoms with Crippen LogP contribution in [-0.4, -0.2) is 29.6 Å². The molecule has 0 spiro atoms. The van der Waals surface area contributed by atoms with Crippen LogP contribution >= 0.6 is 10.8 Å². The lowest BCUT2D eigenvalue weighted by Crippen LogP contribution is -2.32. The Morgan fingerprint density at radius 1 is 1.00 bits per heavy atom. The van der Waals surface area contributed by atoms with E-state index in [2.05, 4.69) is 14.7 Å². The van der Waals surface area contributed by atoms with Gasteiger partial charge in [-0.05, 0) is 36.8 Å². The summed E-state index contributed by atoms with van der Waals surface area (Å²) in [7, 11) is -3.55. The highest BCUT2D eigenvalue weighted by molar-refractivity contribution is 8.23. The van der Waals surface area contributed by atoms with E-state index in [4.69, 9.17) is 0 Å². The number of anilines is 1. The molecular formula is C23H20N4O4S. The fourth-order valence-electron chi connectivity index (χ4n) is 3.77. The summed E-state index contributed by atoms with van der Waals surface area (Å²) in [6, 6.07) is 19.5. The average Bonchev–Trinajstić information content (AvgIpc) is 2.77. The van der Waals surface area contributed by atoms with Gasteiger partial charge in [-0.25, -0.2) is 4.98 Å². The first-order valence-electron chi connectivity index (χ1n) is 9.87. The fraction of sp³-hybridized carbons (Fsp3) is 0.0870. The molecule has 0 fully saturated rings. The van der Waals surface area contributed by atoms with E-state index in [0.29, 0.717) is 22.4 Å². The van der Waals surface area contributed by atoms with Gasteiger partial charge in [0.2, 0.25) is 0 Å². The molecule has 0 bridgehead atoms. The van der Waals surface area contributed by atoms with Crippen LogP contribution in [0, 0.1) is 6.92 Å². The predicted molar refractivity (Wildman–Crippen MR) is 126 cm³/mol. The summed E-state index contributed by atoms with van der Waals surface area (Å²) < 4.78 is 26.7. The summed E-state index contributed by atoms with van der Waals surface area (Å²) in [5.74, 6) is -0.418. The molecule has 0 unspecified atom stereocenters. The van der Waals surface area contributed by atoms with Gasteiger partial charge in [-0.15, -0.1) is 4.40 Å². The van der Waals surface area contributed by atoms with Gasteiger partial charge in [0.25, 0.3) is 5.56 Å². The number of fused-ring (bicyclic) bond motifs is 2. The number of para-hydroxylation sites is 1. The van der Waals surface area contributed by atoms with Crippen molar-refractivity contribution < 1.29 is 14.2 Å². The molecule has 0 saturated heterocycles. The standard InChI is InChI=1S/C23H20N4O4S/c1-14-11-12-16-20(28)19(21-25-17-9-5-6-10-18(17)32(30,31)26-21)23(29)27(22(16)24-14)13-15-7-3-2-4-8-15/h2-12,28,30-31H,13H2,1H3,(H,25,26). The summed E-state index contributed by atoms with van der Waals surface area (Å²) in [6.07, 6.45) is 0. The third kappa shape index (κ3) is 3.32. The van der Waals surface area contributed by atoms with Crippen molar-refractivity contribution >= 4 is 33.3 Å². The summed E-state index contributed by atoms with van der Waals surface area (Å²) in [4.78, 5) is 18.4. The van der Waals surface area contributed by atoms with Crippen molar-refractivity contribution in [3.63, 3.8) is 0 Å². The van der Waals surface area contributed by atoms with Gasteiger partial charge < -0.3 is 10.4 Å². The van der Waals surface area contributed by atoms with Crippen molar-refractivity contribution in [2.75, 3.05) is 5.32 Å². The number of hydrogen-bond donors (Lipinski definition) is 4. The Balaban J connectivity index is 1.77. The zero-order chi connectivity index (χ0) is 22.5. The molecule has 1 aliphatic heterocycles. The third-order valence-electron chi connectivity index (χ3n) is 5.30. The number of benzene rings is 2. The fourth-order valence-corrected chi connectivity index (χ4v) is 4.94.